The molecule has 0 N–H and O–H groups in total. The molecule has 1 amide bonds. The lowest BCUT2D eigenvalue weighted by molar-refractivity contribution is 0.0353. The van der Waals surface area contributed by atoms with Crippen molar-refractivity contribution < 1.29 is 18.7 Å². The van der Waals surface area contributed by atoms with Gasteiger partial charge in [-0.25, -0.2) is 0 Å². The number of amides is 1. The highest BCUT2D eigenvalue weighted by molar-refractivity contribution is 5.99. The summed E-state index contributed by atoms with van der Waals surface area (Å²) in [6, 6.07) is 12.7. The topological polar surface area (TPSA) is 72.2 Å². The summed E-state index contributed by atoms with van der Waals surface area (Å²) in [5.74, 6) is 0.606. The smallest absolute Gasteiger partial charge is 0.290 e. The van der Waals surface area contributed by atoms with E-state index in [9.17, 15) is 9.59 Å². The van der Waals surface area contributed by atoms with Gasteiger partial charge in [0.05, 0.1) is 37.3 Å². The molecule has 1 aromatic heterocycles. The number of fused-ring (bicyclic) bond motifs is 2. The Bertz CT molecular complexity index is 1260. The van der Waals surface area contributed by atoms with Crippen LogP contribution in [0.15, 0.2) is 51.7 Å². The van der Waals surface area contributed by atoms with Crippen LogP contribution in [0.5, 0.6) is 5.75 Å². The van der Waals surface area contributed by atoms with Crippen LogP contribution < -0.4 is 10.2 Å². The summed E-state index contributed by atoms with van der Waals surface area (Å²) >= 11 is 0. The first-order valence-corrected chi connectivity index (χ1v) is 12.0. The average molecular weight is 463 g/mol. The van der Waals surface area contributed by atoms with Crippen LogP contribution in [0.3, 0.4) is 0 Å². The Morgan fingerprint density at radius 2 is 1.88 bits per heavy atom. The summed E-state index contributed by atoms with van der Waals surface area (Å²) in [5.41, 5.74) is 2.64. The molecule has 0 spiro atoms. The van der Waals surface area contributed by atoms with Gasteiger partial charge in [-0.15, -0.1) is 0 Å². The molecule has 178 valence electrons. The predicted octanol–water partition coefficient (Wildman–Crippen LogP) is 3.63. The molecular weight excluding hydrogens is 432 g/mol. The van der Waals surface area contributed by atoms with Gasteiger partial charge in [-0.2, -0.15) is 0 Å². The number of methoxy groups -OCH3 is 1. The Balaban J connectivity index is 1.55. The zero-order chi connectivity index (χ0) is 23.7. The summed E-state index contributed by atoms with van der Waals surface area (Å²) in [7, 11) is 1.61. The highest BCUT2D eigenvalue weighted by Crippen LogP contribution is 2.39. The van der Waals surface area contributed by atoms with Gasteiger partial charge in [-0.3, -0.25) is 14.5 Å². The van der Waals surface area contributed by atoms with Crippen LogP contribution in [0.1, 0.15) is 46.6 Å². The van der Waals surface area contributed by atoms with Gasteiger partial charge < -0.3 is 18.8 Å². The summed E-state index contributed by atoms with van der Waals surface area (Å²) < 4.78 is 17.0. The monoisotopic (exact) mass is 462 g/mol. The second-order valence-electron chi connectivity index (χ2n) is 8.84. The van der Waals surface area contributed by atoms with E-state index in [0.29, 0.717) is 28.8 Å². The molecule has 0 aliphatic carbocycles. The van der Waals surface area contributed by atoms with Crippen molar-refractivity contribution in [3.63, 3.8) is 0 Å². The van der Waals surface area contributed by atoms with Crippen molar-refractivity contribution >= 4 is 16.9 Å². The second-order valence-corrected chi connectivity index (χ2v) is 8.84. The molecule has 2 aliphatic heterocycles. The third-order valence-electron chi connectivity index (χ3n) is 6.82. The molecule has 0 bridgehead atoms. The van der Waals surface area contributed by atoms with Crippen LogP contribution in [-0.4, -0.2) is 62.2 Å². The molecule has 7 nitrogen and oxygen atoms in total. The van der Waals surface area contributed by atoms with E-state index < -0.39 is 6.04 Å². The maximum Gasteiger partial charge on any atom is 0.290 e. The predicted molar refractivity (Wildman–Crippen MR) is 130 cm³/mol. The van der Waals surface area contributed by atoms with Crippen LogP contribution in [0.25, 0.3) is 11.0 Å². The van der Waals surface area contributed by atoms with Crippen LogP contribution in [-0.2, 0) is 11.2 Å². The number of hydrogen-bond donors (Lipinski definition) is 0. The van der Waals surface area contributed by atoms with E-state index in [0.717, 1.165) is 56.8 Å². The van der Waals surface area contributed by atoms with Crippen molar-refractivity contribution in [3.05, 3.63) is 75.1 Å². The van der Waals surface area contributed by atoms with E-state index in [1.54, 1.807) is 18.1 Å². The Hall–Kier alpha value is -3.16. The highest BCUT2D eigenvalue weighted by atomic mass is 16.5. The van der Waals surface area contributed by atoms with Gasteiger partial charge in [0.25, 0.3) is 5.91 Å². The number of aryl methyl sites for hydroxylation is 1. The van der Waals surface area contributed by atoms with Crippen molar-refractivity contribution in [1.29, 1.82) is 0 Å². The lowest BCUT2D eigenvalue weighted by atomic mass is 9.97. The van der Waals surface area contributed by atoms with Gasteiger partial charge in [0, 0.05) is 26.2 Å². The molecule has 0 saturated carbocycles. The van der Waals surface area contributed by atoms with Crippen molar-refractivity contribution in [2.45, 2.75) is 25.8 Å². The lowest BCUT2D eigenvalue weighted by Gasteiger charge is -2.29. The van der Waals surface area contributed by atoms with E-state index in [4.69, 9.17) is 13.9 Å². The number of rotatable bonds is 7. The minimum Gasteiger partial charge on any atom is -0.497 e. The largest absolute Gasteiger partial charge is 0.497 e. The normalized spacial score (nSPS) is 18.5. The Morgan fingerprint density at radius 3 is 2.65 bits per heavy atom. The number of carbonyl (C=O) groups is 1. The maximum atomic E-state index is 13.7. The average Bonchev–Trinajstić information content (AvgIpc) is 3.16. The molecule has 0 radical (unpaired) electrons. The van der Waals surface area contributed by atoms with Gasteiger partial charge in [0.2, 0.25) is 5.76 Å². The van der Waals surface area contributed by atoms with Crippen LogP contribution in [0.4, 0.5) is 0 Å². The van der Waals surface area contributed by atoms with E-state index in [2.05, 4.69) is 11.8 Å². The van der Waals surface area contributed by atoms with E-state index in [-0.39, 0.29) is 17.1 Å². The lowest BCUT2D eigenvalue weighted by Crippen LogP contribution is -2.38. The fraction of sp³-hybridized carbons (Fsp3) is 0.407. The molecule has 1 fully saturated rings. The van der Waals surface area contributed by atoms with E-state index in [1.165, 1.54) is 0 Å². The Labute approximate surface area is 198 Å². The zero-order valence-electron chi connectivity index (χ0n) is 19.7. The molecule has 1 unspecified atom stereocenters. The molecule has 2 aromatic carbocycles. The molecule has 2 aliphatic rings. The summed E-state index contributed by atoms with van der Waals surface area (Å²) in [6.45, 7) is 6.73. The van der Waals surface area contributed by atoms with Gasteiger partial charge in [0.15, 0.2) is 5.43 Å². The molecule has 3 heterocycles. The van der Waals surface area contributed by atoms with Gasteiger partial charge in [-0.1, -0.05) is 25.1 Å². The minimum absolute atomic E-state index is 0.136. The van der Waals surface area contributed by atoms with Crippen molar-refractivity contribution in [2.75, 3.05) is 46.5 Å². The number of benzene rings is 2. The van der Waals surface area contributed by atoms with Crippen LogP contribution in [0, 0.1) is 0 Å². The van der Waals surface area contributed by atoms with E-state index >= 15 is 0 Å². The first-order chi connectivity index (χ1) is 16.6. The summed E-state index contributed by atoms with van der Waals surface area (Å²) in [6.07, 6.45) is 1.62. The molecule has 7 heteroatoms. The quantitative estimate of drug-likeness (QED) is 0.534. The number of morpholine rings is 1. The first kappa shape index (κ1) is 22.6. The van der Waals surface area contributed by atoms with Crippen molar-refractivity contribution in [1.82, 2.24) is 9.80 Å². The maximum absolute atomic E-state index is 13.7. The summed E-state index contributed by atoms with van der Waals surface area (Å²) in [5, 5.41) is 0.522. The molecule has 34 heavy (non-hydrogen) atoms. The first-order valence-electron chi connectivity index (χ1n) is 12.0. The molecule has 1 atom stereocenters. The Morgan fingerprint density at radius 1 is 1.06 bits per heavy atom. The molecular formula is C27H30N2O5. The molecule has 5 rings (SSSR count). The fourth-order valence-electron chi connectivity index (χ4n) is 4.97. The molecule has 1 saturated heterocycles. The van der Waals surface area contributed by atoms with Crippen LogP contribution in [0.2, 0.25) is 0 Å². The second kappa shape index (κ2) is 9.60. The number of hydrogen-bond acceptors (Lipinski definition) is 6. The minimum atomic E-state index is -0.506. The standard InChI is InChI=1S/C27H30N2O5/c1-3-18-8-9-22-21(16-18)25(30)23-24(19-6-4-7-20(17-19)32-2)29(27(31)26(23)34-22)11-5-10-28-12-14-33-15-13-28/h4,6-9,16-17,24H,3,5,10-15H2,1-2H3. The van der Waals surface area contributed by atoms with Gasteiger partial charge in [0.1, 0.15) is 11.3 Å². The number of nitrogens with zero attached hydrogens (tertiary/aromatic N) is 2. The van der Waals surface area contributed by atoms with Gasteiger partial charge in [-0.05, 0) is 48.2 Å². The Kier molecular flexibility index (Phi) is 6.39. The zero-order valence-corrected chi connectivity index (χ0v) is 19.7. The summed E-state index contributed by atoms with van der Waals surface area (Å²) in [4.78, 5) is 31.4. The molecule has 3 aromatic rings. The highest BCUT2D eigenvalue weighted by Gasteiger charge is 2.42. The number of carbonyl (C=O) groups excluding carboxylic acids is 1. The van der Waals surface area contributed by atoms with Crippen molar-refractivity contribution in [2.24, 2.45) is 0 Å². The number of ether oxygens (including phenoxy) is 2. The van der Waals surface area contributed by atoms with Gasteiger partial charge >= 0.3 is 0 Å². The third kappa shape index (κ3) is 4.10. The van der Waals surface area contributed by atoms with Crippen molar-refractivity contribution in [3.8, 4) is 5.75 Å². The SMILES string of the molecule is CCc1ccc2oc3c(c(=O)c2c1)C(c1cccc(OC)c1)N(CCCN1CCOCC1)C3=O. The fourth-order valence-corrected chi connectivity index (χ4v) is 4.97. The van der Waals surface area contributed by atoms with Crippen LogP contribution >= 0.6 is 0 Å². The van der Waals surface area contributed by atoms with E-state index in [1.807, 2.05) is 36.4 Å². The third-order valence-corrected chi connectivity index (χ3v) is 6.82.